The first-order valence-corrected chi connectivity index (χ1v) is 9.63. The number of nitrogens with one attached hydrogen (secondary N) is 3. The van der Waals surface area contributed by atoms with E-state index in [1.807, 2.05) is 31.2 Å². The van der Waals surface area contributed by atoms with Crippen LogP contribution in [0.4, 0.5) is 5.69 Å². The number of nitrogens with zero attached hydrogens (tertiary/aromatic N) is 1. The van der Waals surface area contributed by atoms with Crippen molar-refractivity contribution in [3.05, 3.63) is 51.7 Å². The van der Waals surface area contributed by atoms with Crippen LogP contribution in [0.25, 0.3) is 0 Å². The summed E-state index contributed by atoms with van der Waals surface area (Å²) in [5, 5.41) is 20.0. The first kappa shape index (κ1) is 19.6. The van der Waals surface area contributed by atoms with E-state index in [0.717, 1.165) is 36.6 Å². The van der Waals surface area contributed by atoms with Gasteiger partial charge in [0.1, 0.15) is 6.10 Å². The van der Waals surface area contributed by atoms with Crippen LogP contribution in [-0.2, 0) is 0 Å². The van der Waals surface area contributed by atoms with Gasteiger partial charge in [0.15, 0.2) is 5.96 Å². The normalized spacial score (nSPS) is 12.7. The molecule has 25 heavy (non-hydrogen) atoms. The van der Waals surface area contributed by atoms with Crippen LogP contribution in [0.5, 0.6) is 0 Å². The highest BCUT2D eigenvalue weighted by Crippen LogP contribution is 2.26. The van der Waals surface area contributed by atoms with E-state index in [9.17, 15) is 5.11 Å². The molecule has 2 aromatic rings. The number of guanidine groups is 1. The second kappa shape index (κ2) is 11.0. The summed E-state index contributed by atoms with van der Waals surface area (Å²) >= 11 is 7.28. The maximum absolute atomic E-state index is 10.2. The zero-order valence-corrected chi connectivity index (χ0v) is 15.9. The van der Waals surface area contributed by atoms with Gasteiger partial charge in [-0.2, -0.15) is 0 Å². The summed E-state index contributed by atoms with van der Waals surface area (Å²) in [4.78, 5) is 5.27. The molecule has 5 nitrogen and oxygen atoms in total. The van der Waals surface area contributed by atoms with Crippen LogP contribution in [0, 0.1) is 0 Å². The monoisotopic (exact) mass is 380 g/mol. The number of thiophene rings is 1. The molecule has 0 aliphatic heterocycles. The van der Waals surface area contributed by atoms with Gasteiger partial charge in [0, 0.05) is 30.2 Å². The SMILES string of the molecule is CCNC(=NCC(O)c1ccc(Cl)s1)NCCCNc1ccccc1. The third-order valence-corrected chi connectivity index (χ3v) is 4.77. The van der Waals surface area contributed by atoms with Gasteiger partial charge in [-0.1, -0.05) is 29.8 Å². The molecule has 0 aliphatic rings. The van der Waals surface area contributed by atoms with Gasteiger partial charge in [0.05, 0.1) is 10.9 Å². The molecular formula is C18H25ClN4OS. The number of para-hydroxylation sites is 1. The molecule has 1 aromatic carbocycles. The molecule has 0 aliphatic carbocycles. The largest absolute Gasteiger partial charge is 0.386 e. The van der Waals surface area contributed by atoms with Gasteiger partial charge in [-0.05, 0) is 37.6 Å². The standard InChI is InChI=1S/C18H25ClN4OS/c1-2-20-18(23-13-15(24)16-9-10-17(19)25-16)22-12-6-11-21-14-7-4-3-5-8-14/h3-5,7-10,15,21,24H,2,6,11-13H2,1H3,(H2,20,22,23). The van der Waals surface area contributed by atoms with Crippen molar-refractivity contribution in [2.24, 2.45) is 4.99 Å². The molecule has 0 bridgehead atoms. The van der Waals surface area contributed by atoms with Crippen molar-refractivity contribution in [1.29, 1.82) is 0 Å². The number of rotatable bonds is 9. The lowest BCUT2D eigenvalue weighted by atomic mass is 10.3. The van der Waals surface area contributed by atoms with E-state index >= 15 is 0 Å². The van der Waals surface area contributed by atoms with E-state index < -0.39 is 6.10 Å². The van der Waals surface area contributed by atoms with Crippen LogP contribution < -0.4 is 16.0 Å². The molecule has 1 heterocycles. The molecule has 0 spiro atoms. The van der Waals surface area contributed by atoms with E-state index in [4.69, 9.17) is 11.6 Å². The Hall–Kier alpha value is -1.76. The third kappa shape index (κ3) is 7.34. The number of anilines is 1. The van der Waals surface area contributed by atoms with Crippen molar-refractivity contribution in [3.8, 4) is 0 Å². The summed E-state index contributed by atoms with van der Waals surface area (Å²) in [6, 6.07) is 13.8. The lowest BCUT2D eigenvalue weighted by molar-refractivity contribution is 0.191. The van der Waals surface area contributed by atoms with E-state index in [0.29, 0.717) is 16.8 Å². The minimum absolute atomic E-state index is 0.300. The predicted octanol–water partition coefficient (Wildman–Crippen LogP) is 3.49. The molecule has 0 amide bonds. The van der Waals surface area contributed by atoms with Crippen LogP contribution in [0.2, 0.25) is 4.34 Å². The Bertz CT molecular complexity index is 648. The van der Waals surface area contributed by atoms with Gasteiger partial charge in [-0.3, -0.25) is 4.99 Å². The lowest BCUT2D eigenvalue weighted by Crippen LogP contribution is -2.38. The van der Waals surface area contributed by atoms with Gasteiger partial charge < -0.3 is 21.1 Å². The first-order chi connectivity index (χ1) is 12.2. The topological polar surface area (TPSA) is 68.7 Å². The maximum atomic E-state index is 10.2. The predicted molar refractivity (Wildman–Crippen MR) is 108 cm³/mol. The Morgan fingerprint density at radius 3 is 2.64 bits per heavy atom. The summed E-state index contributed by atoms with van der Waals surface area (Å²) in [5.74, 6) is 0.712. The summed E-state index contributed by atoms with van der Waals surface area (Å²) in [6.07, 6.45) is 0.329. The van der Waals surface area contributed by atoms with Crippen molar-refractivity contribution in [1.82, 2.24) is 10.6 Å². The van der Waals surface area contributed by atoms with Gasteiger partial charge in [-0.15, -0.1) is 11.3 Å². The van der Waals surface area contributed by atoms with E-state index in [-0.39, 0.29) is 0 Å². The maximum Gasteiger partial charge on any atom is 0.191 e. The van der Waals surface area contributed by atoms with Crippen molar-refractivity contribution < 1.29 is 5.11 Å². The molecular weight excluding hydrogens is 356 g/mol. The molecule has 1 unspecified atom stereocenters. The van der Waals surface area contributed by atoms with Crippen LogP contribution in [-0.4, -0.2) is 37.2 Å². The molecule has 0 saturated heterocycles. The first-order valence-electron chi connectivity index (χ1n) is 8.43. The molecule has 1 atom stereocenters. The van der Waals surface area contributed by atoms with Crippen molar-refractivity contribution >= 4 is 34.6 Å². The average molecular weight is 381 g/mol. The molecule has 1 aromatic heterocycles. The lowest BCUT2D eigenvalue weighted by Gasteiger charge is -2.13. The molecule has 0 saturated carbocycles. The highest BCUT2D eigenvalue weighted by atomic mass is 35.5. The minimum atomic E-state index is -0.632. The molecule has 7 heteroatoms. The van der Waals surface area contributed by atoms with Gasteiger partial charge in [0.2, 0.25) is 0 Å². The number of hydrogen-bond acceptors (Lipinski definition) is 4. The van der Waals surface area contributed by atoms with Crippen LogP contribution in [0.3, 0.4) is 0 Å². The van der Waals surface area contributed by atoms with Crippen LogP contribution >= 0.6 is 22.9 Å². The Balaban J connectivity index is 1.71. The van der Waals surface area contributed by atoms with E-state index in [2.05, 4.69) is 33.1 Å². The number of aliphatic hydroxyl groups excluding tert-OH is 1. The molecule has 2 rings (SSSR count). The molecule has 4 N–H and O–H groups in total. The molecule has 136 valence electrons. The van der Waals surface area contributed by atoms with Gasteiger partial charge in [-0.25, -0.2) is 0 Å². The smallest absolute Gasteiger partial charge is 0.191 e. The Morgan fingerprint density at radius 1 is 1.16 bits per heavy atom. The summed E-state index contributed by atoms with van der Waals surface area (Å²) in [7, 11) is 0. The number of aliphatic imine (C=N–C) groups is 1. The van der Waals surface area contributed by atoms with Gasteiger partial charge >= 0.3 is 0 Å². The van der Waals surface area contributed by atoms with E-state index in [1.54, 1.807) is 6.07 Å². The highest BCUT2D eigenvalue weighted by molar-refractivity contribution is 7.16. The highest BCUT2D eigenvalue weighted by Gasteiger charge is 2.10. The Kier molecular flexibility index (Phi) is 8.59. The summed E-state index contributed by atoms with van der Waals surface area (Å²) in [5.41, 5.74) is 1.13. The van der Waals surface area contributed by atoms with E-state index in [1.165, 1.54) is 11.3 Å². The number of hydrogen-bond donors (Lipinski definition) is 4. The van der Waals surface area contributed by atoms with Crippen LogP contribution in [0.15, 0.2) is 47.5 Å². The van der Waals surface area contributed by atoms with Crippen molar-refractivity contribution in [2.45, 2.75) is 19.4 Å². The fourth-order valence-corrected chi connectivity index (χ4v) is 3.24. The summed E-state index contributed by atoms with van der Waals surface area (Å²) in [6.45, 7) is 4.77. The average Bonchev–Trinajstić information content (AvgIpc) is 3.06. The Morgan fingerprint density at radius 2 is 1.96 bits per heavy atom. The fourth-order valence-electron chi connectivity index (χ4n) is 2.20. The fraction of sp³-hybridized carbons (Fsp3) is 0.389. The quantitative estimate of drug-likeness (QED) is 0.305. The molecule has 0 radical (unpaired) electrons. The minimum Gasteiger partial charge on any atom is -0.386 e. The van der Waals surface area contributed by atoms with Crippen molar-refractivity contribution in [3.63, 3.8) is 0 Å². The van der Waals surface area contributed by atoms with Crippen LogP contribution in [0.1, 0.15) is 24.3 Å². The van der Waals surface area contributed by atoms with Gasteiger partial charge in [0.25, 0.3) is 0 Å². The number of benzene rings is 1. The van der Waals surface area contributed by atoms with Crippen molar-refractivity contribution in [2.75, 3.05) is 31.5 Å². The second-order valence-electron chi connectivity index (χ2n) is 5.45. The zero-order chi connectivity index (χ0) is 17.9. The number of aliphatic hydroxyl groups is 1. The summed E-state index contributed by atoms with van der Waals surface area (Å²) < 4.78 is 0.675. The molecule has 0 fully saturated rings. The second-order valence-corrected chi connectivity index (χ2v) is 7.20. The Labute approximate surface area is 158 Å². The third-order valence-electron chi connectivity index (χ3n) is 3.44. The zero-order valence-electron chi connectivity index (χ0n) is 14.3. The number of halogens is 1.